The molecule has 0 atom stereocenters. The monoisotopic (exact) mass is 254 g/mol. The first-order chi connectivity index (χ1) is 8.38. The minimum Gasteiger partial charge on any atom is -0.476 e. The van der Waals surface area contributed by atoms with Gasteiger partial charge in [0, 0.05) is 13.6 Å². The minimum atomic E-state index is -1.12. The number of likely N-dealkylation sites (N-methyl/N-ethyl adjacent to an activating group) is 1. The van der Waals surface area contributed by atoms with Gasteiger partial charge in [0.2, 0.25) is 5.91 Å². The number of hydrogen-bond donors (Lipinski definition) is 1. The molecule has 1 heterocycles. The lowest BCUT2D eigenvalue weighted by Gasteiger charge is -2.15. The van der Waals surface area contributed by atoms with Crippen LogP contribution in [0.5, 0.6) is 0 Å². The lowest BCUT2D eigenvalue weighted by molar-refractivity contribution is -0.130. The van der Waals surface area contributed by atoms with Crippen molar-refractivity contribution in [3.05, 3.63) is 11.4 Å². The molecule has 0 saturated carbocycles. The standard InChI is InChI=1S/C11H18N4O3/c1-5-14(4)8(16)6-15-10(7(2)3)9(11(17)18)12-13-15/h7H,5-6H2,1-4H3,(H,17,18). The number of carboxylic acids is 1. The maximum Gasteiger partial charge on any atom is 0.358 e. The predicted molar refractivity (Wildman–Crippen MR) is 64.4 cm³/mol. The zero-order chi connectivity index (χ0) is 13.9. The summed E-state index contributed by atoms with van der Waals surface area (Å²) in [4.78, 5) is 24.3. The van der Waals surface area contributed by atoms with Crippen molar-refractivity contribution in [1.82, 2.24) is 19.9 Å². The highest BCUT2D eigenvalue weighted by Crippen LogP contribution is 2.17. The highest BCUT2D eigenvalue weighted by Gasteiger charge is 2.23. The molecule has 0 aliphatic carbocycles. The average Bonchev–Trinajstić information content (AvgIpc) is 2.71. The zero-order valence-corrected chi connectivity index (χ0v) is 11.0. The summed E-state index contributed by atoms with van der Waals surface area (Å²) in [6.45, 7) is 6.16. The number of nitrogens with zero attached hydrogens (tertiary/aromatic N) is 4. The topological polar surface area (TPSA) is 88.3 Å². The van der Waals surface area contributed by atoms with Gasteiger partial charge in [-0.15, -0.1) is 5.10 Å². The number of rotatable bonds is 5. The quantitative estimate of drug-likeness (QED) is 0.830. The largest absolute Gasteiger partial charge is 0.476 e. The van der Waals surface area contributed by atoms with E-state index in [9.17, 15) is 9.59 Å². The van der Waals surface area contributed by atoms with E-state index in [4.69, 9.17) is 5.11 Å². The average molecular weight is 254 g/mol. The molecule has 0 spiro atoms. The van der Waals surface area contributed by atoms with Crippen molar-refractivity contribution in [3.63, 3.8) is 0 Å². The zero-order valence-electron chi connectivity index (χ0n) is 11.0. The molecular weight excluding hydrogens is 236 g/mol. The van der Waals surface area contributed by atoms with Crippen molar-refractivity contribution in [1.29, 1.82) is 0 Å². The molecule has 1 N–H and O–H groups in total. The number of carbonyl (C=O) groups is 2. The van der Waals surface area contributed by atoms with Crippen molar-refractivity contribution in [3.8, 4) is 0 Å². The van der Waals surface area contributed by atoms with Gasteiger partial charge in [0.25, 0.3) is 0 Å². The second-order valence-electron chi connectivity index (χ2n) is 4.35. The van der Waals surface area contributed by atoms with E-state index in [2.05, 4.69) is 10.3 Å². The molecule has 0 aliphatic rings. The first kappa shape index (κ1) is 14.1. The molecule has 0 aromatic carbocycles. The van der Waals surface area contributed by atoms with E-state index in [-0.39, 0.29) is 24.1 Å². The molecule has 1 rings (SSSR count). The van der Waals surface area contributed by atoms with E-state index in [1.807, 2.05) is 20.8 Å². The Bertz CT molecular complexity index is 453. The maximum absolute atomic E-state index is 11.8. The fourth-order valence-corrected chi connectivity index (χ4v) is 1.59. The Balaban J connectivity index is 3.03. The van der Waals surface area contributed by atoms with Crippen LogP contribution >= 0.6 is 0 Å². The van der Waals surface area contributed by atoms with Crippen LogP contribution in [0.4, 0.5) is 0 Å². The number of carbonyl (C=O) groups excluding carboxylic acids is 1. The Morgan fingerprint density at radius 1 is 1.44 bits per heavy atom. The Hall–Kier alpha value is -1.92. The third-order valence-corrected chi connectivity index (χ3v) is 2.71. The summed E-state index contributed by atoms with van der Waals surface area (Å²) >= 11 is 0. The Labute approximate surface area is 105 Å². The fourth-order valence-electron chi connectivity index (χ4n) is 1.59. The van der Waals surface area contributed by atoms with Crippen molar-refractivity contribution < 1.29 is 14.7 Å². The maximum atomic E-state index is 11.8. The van der Waals surface area contributed by atoms with Crippen LogP contribution in [0, 0.1) is 0 Å². The van der Waals surface area contributed by atoms with Crippen molar-refractivity contribution in [2.75, 3.05) is 13.6 Å². The lowest BCUT2D eigenvalue weighted by Crippen LogP contribution is -2.31. The van der Waals surface area contributed by atoms with Gasteiger partial charge < -0.3 is 10.0 Å². The second-order valence-corrected chi connectivity index (χ2v) is 4.35. The van der Waals surface area contributed by atoms with E-state index >= 15 is 0 Å². The molecule has 18 heavy (non-hydrogen) atoms. The van der Waals surface area contributed by atoms with Crippen molar-refractivity contribution in [2.24, 2.45) is 0 Å². The van der Waals surface area contributed by atoms with E-state index < -0.39 is 5.97 Å². The minimum absolute atomic E-state index is 0.0120. The number of carboxylic acid groups (broad SMARTS) is 1. The molecule has 100 valence electrons. The molecule has 0 unspecified atom stereocenters. The van der Waals surface area contributed by atoms with Crippen LogP contribution in [0.3, 0.4) is 0 Å². The Kier molecular flexibility index (Phi) is 4.41. The fraction of sp³-hybridized carbons (Fsp3) is 0.636. The summed E-state index contributed by atoms with van der Waals surface area (Å²) in [5, 5.41) is 16.4. The van der Waals surface area contributed by atoms with Gasteiger partial charge in [-0.3, -0.25) is 4.79 Å². The van der Waals surface area contributed by atoms with Crippen molar-refractivity contribution >= 4 is 11.9 Å². The number of amides is 1. The highest BCUT2D eigenvalue weighted by molar-refractivity contribution is 5.86. The van der Waals surface area contributed by atoms with Crippen LogP contribution < -0.4 is 0 Å². The SMILES string of the molecule is CCN(C)C(=O)Cn1nnc(C(=O)O)c1C(C)C. The highest BCUT2D eigenvalue weighted by atomic mass is 16.4. The molecule has 1 amide bonds. The Morgan fingerprint density at radius 3 is 2.50 bits per heavy atom. The molecule has 0 fully saturated rings. The van der Waals surface area contributed by atoms with Gasteiger partial charge in [-0.2, -0.15) is 0 Å². The van der Waals surface area contributed by atoms with E-state index in [0.717, 1.165) is 0 Å². The number of hydrogen-bond acceptors (Lipinski definition) is 4. The lowest BCUT2D eigenvalue weighted by atomic mass is 10.1. The summed E-state index contributed by atoms with van der Waals surface area (Å²) in [5.74, 6) is -1.31. The summed E-state index contributed by atoms with van der Waals surface area (Å²) in [7, 11) is 1.69. The van der Waals surface area contributed by atoms with Crippen LogP contribution in [0.1, 0.15) is 42.9 Å². The summed E-state index contributed by atoms with van der Waals surface area (Å²) in [6, 6.07) is 0. The van der Waals surface area contributed by atoms with Gasteiger partial charge in [0.15, 0.2) is 5.69 Å². The molecule has 0 bridgehead atoms. The van der Waals surface area contributed by atoms with Gasteiger partial charge in [0.05, 0.1) is 5.69 Å². The van der Waals surface area contributed by atoms with E-state index in [1.54, 1.807) is 11.9 Å². The molecule has 7 heteroatoms. The number of aromatic carboxylic acids is 1. The molecule has 1 aromatic rings. The summed E-state index contributed by atoms with van der Waals surface area (Å²) < 4.78 is 1.36. The van der Waals surface area contributed by atoms with Gasteiger partial charge in [-0.05, 0) is 12.8 Å². The third-order valence-electron chi connectivity index (χ3n) is 2.71. The summed E-state index contributed by atoms with van der Waals surface area (Å²) in [6.07, 6.45) is 0. The molecule has 7 nitrogen and oxygen atoms in total. The first-order valence-electron chi connectivity index (χ1n) is 5.79. The van der Waals surface area contributed by atoms with Gasteiger partial charge in [-0.25, -0.2) is 9.48 Å². The summed E-state index contributed by atoms with van der Waals surface area (Å²) in [5.41, 5.74) is 0.386. The molecular formula is C11H18N4O3. The van der Waals surface area contributed by atoms with Gasteiger partial charge in [-0.1, -0.05) is 19.1 Å². The smallest absolute Gasteiger partial charge is 0.358 e. The van der Waals surface area contributed by atoms with Crippen LogP contribution in [0.25, 0.3) is 0 Å². The Morgan fingerprint density at radius 2 is 2.06 bits per heavy atom. The predicted octanol–water partition coefficient (Wildman–Crippen LogP) is 0.578. The van der Waals surface area contributed by atoms with Gasteiger partial charge >= 0.3 is 5.97 Å². The van der Waals surface area contributed by atoms with E-state index in [1.165, 1.54) is 4.68 Å². The van der Waals surface area contributed by atoms with Crippen LogP contribution in [0.15, 0.2) is 0 Å². The third kappa shape index (κ3) is 2.85. The number of aromatic nitrogens is 3. The van der Waals surface area contributed by atoms with Crippen molar-refractivity contribution in [2.45, 2.75) is 33.2 Å². The molecule has 1 aromatic heterocycles. The first-order valence-corrected chi connectivity index (χ1v) is 5.79. The van der Waals surface area contributed by atoms with Crippen LogP contribution in [0.2, 0.25) is 0 Å². The van der Waals surface area contributed by atoms with Crippen LogP contribution in [-0.4, -0.2) is 50.5 Å². The van der Waals surface area contributed by atoms with Crippen LogP contribution in [-0.2, 0) is 11.3 Å². The second kappa shape index (κ2) is 5.61. The molecule has 0 aliphatic heterocycles. The molecule has 0 radical (unpaired) electrons. The van der Waals surface area contributed by atoms with Gasteiger partial charge in [0.1, 0.15) is 6.54 Å². The van der Waals surface area contributed by atoms with E-state index in [0.29, 0.717) is 12.2 Å². The molecule has 0 saturated heterocycles. The normalized spacial score (nSPS) is 10.7.